The van der Waals surface area contributed by atoms with E-state index in [0.29, 0.717) is 30.7 Å². The van der Waals surface area contributed by atoms with Crippen molar-refractivity contribution in [1.82, 2.24) is 30.4 Å². The Labute approximate surface area is 183 Å². The Balaban J connectivity index is 0.000000668. The first-order valence-electron chi connectivity index (χ1n) is 10.1. The smallest absolute Gasteiger partial charge is 0.300 e. The molecule has 0 aliphatic heterocycles. The monoisotopic (exact) mass is 442 g/mol. The summed E-state index contributed by atoms with van der Waals surface area (Å²) in [5, 5.41) is 31.3. The summed E-state index contributed by atoms with van der Waals surface area (Å²) < 4.78 is 1.71. The van der Waals surface area contributed by atoms with E-state index in [9.17, 15) is 14.7 Å². The van der Waals surface area contributed by atoms with Crippen LogP contribution in [0.5, 0.6) is 0 Å². The van der Waals surface area contributed by atoms with Crippen molar-refractivity contribution < 1.29 is 24.6 Å². The zero-order chi connectivity index (χ0) is 23.3. The normalized spacial score (nSPS) is 19.8. The Morgan fingerprint density at radius 2 is 2.00 bits per heavy atom. The molecular weight excluding hydrogens is 416 g/mol. The number of hydrogen-bond donors (Lipinski definition) is 5. The van der Waals surface area contributed by atoms with Gasteiger partial charge in [0.15, 0.2) is 5.65 Å². The van der Waals surface area contributed by atoms with Crippen LogP contribution in [0, 0.1) is 5.92 Å². The third-order valence-electron chi connectivity index (χ3n) is 5.24. The molecule has 0 bridgehead atoms. The zero-order valence-corrected chi connectivity index (χ0v) is 17.8. The maximum Gasteiger partial charge on any atom is 0.300 e. The highest BCUT2D eigenvalue weighted by atomic mass is 16.4. The molecule has 1 aliphatic carbocycles. The number of rotatable bonds is 5. The van der Waals surface area contributed by atoms with E-state index in [-0.39, 0.29) is 17.7 Å². The molecule has 0 unspecified atom stereocenters. The van der Waals surface area contributed by atoms with Crippen LogP contribution in [0.3, 0.4) is 0 Å². The largest absolute Gasteiger partial charge is 0.481 e. The van der Waals surface area contributed by atoms with Crippen LogP contribution in [-0.4, -0.2) is 59.9 Å². The second kappa shape index (κ2) is 10.1. The number of carboxylic acids is 1. The number of hydrogen-bond acceptors (Lipinski definition) is 6. The number of carbonyl (C=O) groups excluding carboxylic acids is 2. The molecule has 3 atom stereocenters. The van der Waals surface area contributed by atoms with Crippen LogP contribution >= 0.6 is 0 Å². The topological polar surface area (TPSA) is 162 Å². The van der Waals surface area contributed by atoms with Crippen molar-refractivity contribution in [1.29, 1.82) is 0 Å². The van der Waals surface area contributed by atoms with Crippen LogP contribution in [0.25, 0.3) is 11.0 Å². The molecule has 4 rings (SSSR count). The quantitative estimate of drug-likeness (QED) is 0.386. The van der Waals surface area contributed by atoms with Crippen LogP contribution in [0.4, 0.5) is 0 Å². The lowest BCUT2D eigenvalue weighted by Crippen LogP contribution is -2.40. The number of amides is 2. The maximum absolute atomic E-state index is 12.5. The molecule has 0 saturated heterocycles. The van der Waals surface area contributed by atoms with Gasteiger partial charge in [0.05, 0.1) is 24.4 Å². The average Bonchev–Trinajstić information content (AvgIpc) is 3.45. The summed E-state index contributed by atoms with van der Waals surface area (Å²) in [7, 11) is 1.78. The fraction of sp³-hybridized carbons (Fsp3) is 0.381. The number of nitrogens with zero attached hydrogens (tertiary/aromatic N) is 3. The van der Waals surface area contributed by atoms with Crippen molar-refractivity contribution in [2.75, 3.05) is 0 Å². The van der Waals surface area contributed by atoms with Gasteiger partial charge in [-0.05, 0) is 37.1 Å². The standard InChI is InChI=1S/C19H22N6O3.C2H4O2/c1-25-7-3-5-15(25)19(28)22-13-8-11(9-16(13)26)18(27)21-10-14-12-4-2-6-20-17(12)24-23-14;1-2(3)4/h2-7,11,13,16,26H,8-10H2,1H3,(H,21,27)(H,22,28)(H,20,23,24);1H3,(H,3,4)/t11-,13+,16+;/m0./s1. The predicted molar refractivity (Wildman–Crippen MR) is 114 cm³/mol. The van der Waals surface area contributed by atoms with Gasteiger partial charge in [0.2, 0.25) is 5.91 Å². The number of aryl methyl sites for hydroxylation is 1. The van der Waals surface area contributed by atoms with Gasteiger partial charge in [-0.3, -0.25) is 19.5 Å². The highest BCUT2D eigenvalue weighted by Crippen LogP contribution is 2.27. The first-order chi connectivity index (χ1) is 15.3. The van der Waals surface area contributed by atoms with Gasteiger partial charge >= 0.3 is 0 Å². The number of carboxylic acid groups (broad SMARTS) is 1. The summed E-state index contributed by atoms with van der Waals surface area (Å²) in [5.41, 5.74) is 1.90. The van der Waals surface area contributed by atoms with Crippen LogP contribution < -0.4 is 10.6 Å². The average molecular weight is 442 g/mol. The fourth-order valence-corrected chi connectivity index (χ4v) is 3.68. The van der Waals surface area contributed by atoms with Crippen molar-refractivity contribution in [3.05, 3.63) is 48.0 Å². The minimum absolute atomic E-state index is 0.152. The Morgan fingerprint density at radius 1 is 1.25 bits per heavy atom. The van der Waals surface area contributed by atoms with E-state index in [1.807, 2.05) is 12.1 Å². The molecule has 170 valence electrons. The molecule has 0 radical (unpaired) electrons. The number of aliphatic carboxylic acids is 1. The maximum atomic E-state index is 12.5. The first kappa shape index (κ1) is 22.9. The SMILES string of the molecule is CC(=O)O.Cn1cccc1C(=O)N[C@@H]1C[C@H](C(=O)NCc2[nH]nc3ncccc23)C[C@H]1O. The number of carbonyl (C=O) groups is 3. The molecular formula is C21H26N6O5. The Kier molecular flexibility index (Phi) is 7.21. The number of H-pyrrole nitrogens is 1. The molecule has 11 heteroatoms. The number of pyridine rings is 1. The Bertz CT molecular complexity index is 1100. The van der Waals surface area contributed by atoms with Gasteiger partial charge in [0.25, 0.3) is 11.9 Å². The van der Waals surface area contributed by atoms with E-state index >= 15 is 0 Å². The van der Waals surface area contributed by atoms with E-state index in [0.717, 1.165) is 18.0 Å². The molecule has 1 fully saturated rings. The number of aliphatic hydroxyl groups is 1. The predicted octanol–water partition coefficient (Wildman–Crippen LogP) is 0.573. The molecule has 0 aromatic carbocycles. The molecule has 32 heavy (non-hydrogen) atoms. The lowest BCUT2D eigenvalue weighted by Gasteiger charge is -2.16. The number of fused-ring (bicyclic) bond motifs is 1. The van der Waals surface area contributed by atoms with Gasteiger partial charge in [-0.15, -0.1) is 0 Å². The van der Waals surface area contributed by atoms with Crippen LogP contribution in [0.2, 0.25) is 0 Å². The summed E-state index contributed by atoms with van der Waals surface area (Å²) in [6.07, 6.45) is 3.40. The van der Waals surface area contributed by atoms with Gasteiger partial charge in [0.1, 0.15) is 5.69 Å². The van der Waals surface area contributed by atoms with E-state index in [4.69, 9.17) is 9.90 Å². The second-order valence-corrected chi connectivity index (χ2v) is 7.63. The number of aromatic nitrogens is 4. The summed E-state index contributed by atoms with van der Waals surface area (Å²) in [6, 6.07) is 6.75. The minimum atomic E-state index is -0.833. The lowest BCUT2D eigenvalue weighted by atomic mass is 10.1. The molecule has 11 nitrogen and oxygen atoms in total. The van der Waals surface area contributed by atoms with Gasteiger partial charge < -0.3 is 25.4 Å². The highest BCUT2D eigenvalue weighted by Gasteiger charge is 2.38. The van der Waals surface area contributed by atoms with Gasteiger partial charge in [-0.2, -0.15) is 5.10 Å². The molecule has 3 aromatic heterocycles. The molecule has 1 saturated carbocycles. The van der Waals surface area contributed by atoms with Crippen molar-refractivity contribution in [2.24, 2.45) is 13.0 Å². The number of aromatic amines is 1. The first-order valence-corrected chi connectivity index (χ1v) is 10.1. The molecule has 3 aromatic rings. The van der Waals surface area contributed by atoms with E-state index in [1.165, 1.54) is 0 Å². The van der Waals surface area contributed by atoms with Gasteiger partial charge in [0, 0.05) is 37.7 Å². The van der Waals surface area contributed by atoms with E-state index in [1.54, 1.807) is 36.1 Å². The summed E-state index contributed by atoms with van der Waals surface area (Å²) in [4.78, 5) is 38.0. The zero-order valence-electron chi connectivity index (χ0n) is 17.8. The number of aliphatic hydroxyl groups excluding tert-OH is 1. The summed E-state index contributed by atoms with van der Waals surface area (Å²) >= 11 is 0. The van der Waals surface area contributed by atoms with Crippen LogP contribution in [0.15, 0.2) is 36.7 Å². The van der Waals surface area contributed by atoms with Gasteiger partial charge in [-0.25, -0.2) is 4.98 Å². The molecule has 2 amide bonds. The minimum Gasteiger partial charge on any atom is -0.481 e. The highest BCUT2D eigenvalue weighted by molar-refractivity contribution is 5.93. The van der Waals surface area contributed by atoms with Crippen molar-refractivity contribution >= 4 is 28.8 Å². The molecule has 0 spiro atoms. The Morgan fingerprint density at radius 3 is 2.69 bits per heavy atom. The van der Waals surface area contributed by atoms with Crippen molar-refractivity contribution in [3.8, 4) is 0 Å². The Hall–Kier alpha value is -3.73. The summed E-state index contributed by atoms with van der Waals surface area (Å²) in [6.45, 7) is 1.38. The van der Waals surface area contributed by atoms with Gasteiger partial charge in [-0.1, -0.05) is 0 Å². The third kappa shape index (κ3) is 5.49. The van der Waals surface area contributed by atoms with E-state index < -0.39 is 18.1 Å². The molecule has 1 aliphatic rings. The molecule has 3 heterocycles. The van der Waals surface area contributed by atoms with Crippen LogP contribution in [0.1, 0.15) is 35.9 Å². The fourth-order valence-electron chi connectivity index (χ4n) is 3.68. The second-order valence-electron chi connectivity index (χ2n) is 7.63. The summed E-state index contributed by atoms with van der Waals surface area (Å²) in [5.74, 6) is -1.60. The number of nitrogens with one attached hydrogen (secondary N) is 3. The van der Waals surface area contributed by atoms with Crippen molar-refractivity contribution in [2.45, 2.75) is 38.5 Å². The van der Waals surface area contributed by atoms with Crippen LogP contribution in [-0.2, 0) is 23.2 Å². The third-order valence-corrected chi connectivity index (χ3v) is 5.24. The van der Waals surface area contributed by atoms with E-state index in [2.05, 4.69) is 25.8 Å². The lowest BCUT2D eigenvalue weighted by molar-refractivity contribution is -0.134. The van der Waals surface area contributed by atoms with Crippen molar-refractivity contribution in [3.63, 3.8) is 0 Å². The molecule has 5 N–H and O–H groups in total.